The van der Waals surface area contributed by atoms with Crippen molar-refractivity contribution >= 4 is 29.3 Å². The van der Waals surface area contributed by atoms with Gasteiger partial charge < -0.3 is 14.0 Å². The Bertz CT molecular complexity index is 704. The summed E-state index contributed by atoms with van der Waals surface area (Å²) < 4.78 is 12.5. The molecule has 0 aliphatic carbocycles. The van der Waals surface area contributed by atoms with Crippen LogP contribution in [-0.4, -0.2) is 33.6 Å². The first-order valence-electron chi connectivity index (χ1n) is 8.11. The molecule has 25 heavy (non-hydrogen) atoms. The maximum atomic E-state index is 11.4. The Morgan fingerprint density at radius 3 is 2.64 bits per heavy atom. The summed E-state index contributed by atoms with van der Waals surface area (Å²) in [6.07, 6.45) is 1.86. The van der Waals surface area contributed by atoms with Crippen molar-refractivity contribution in [1.82, 2.24) is 14.8 Å². The van der Waals surface area contributed by atoms with Crippen LogP contribution in [0.25, 0.3) is 0 Å². The first-order valence-corrected chi connectivity index (χ1v) is 9.47. The van der Waals surface area contributed by atoms with Crippen molar-refractivity contribution in [3.05, 3.63) is 35.1 Å². The van der Waals surface area contributed by atoms with Crippen LogP contribution in [0.4, 0.5) is 0 Å². The second kappa shape index (κ2) is 9.68. The molecule has 8 heteroatoms. The molecule has 0 fully saturated rings. The number of halogens is 1. The van der Waals surface area contributed by atoms with Gasteiger partial charge in [0.1, 0.15) is 12.4 Å². The fourth-order valence-electron chi connectivity index (χ4n) is 2.41. The third kappa shape index (κ3) is 5.12. The third-order valence-corrected chi connectivity index (χ3v) is 5.01. The number of rotatable bonds is 9. The summed E-state index contributed by atoms with van der Waals surface area (Å²) in [4.78, 5) is 11.4. The van der Waals surface area contributed by atoms with Crippen LogP contribution in [0.15, 0.2) is 29.4 Å². The standard InChI is InChI=1S/C17H22ClN3O3S/c1-4-12(5-2)21-15(10-24-14-9-7-6-8-13(14)18)19-20-17(21)25-11-16(22)23-3/h6-9,12H,4-5,10-11H2,1-3H3. The number of para-hydroxylation sites is 1. The molecule has 6 nitrogen and oxygen atoms in total. The summed E-state index contributed by atoms with van der Waals surface area (Å²) in [5.41, 5.74) is 0. The molecule has 2 rings (SSSR count). The van der Waals surface area contributed by atoms with Gasteiger partial charge in [0.05, 0.1) is 17.9 Å². The number of benzene rings is 1. The largest absolute Gasteiger partial charge is 0.484 e. The lowest BCUT2D eigenvalue weighted by atomic mass is 10.2. The minimum Gasteiger partial charge on any atom is -0.484 e. The Morgan fingerprint density at radius 2 is 2.00 bits per heavy atom. The normalized spacial score (nSPS) is 10.9. The monoisotopic (exact) mass is 383 g/mol. The van der Waals surface area contributed by atoms with Crippen molar-refractivity contribution in [1.29, 1.82) is 0 Å². The Kier molecular flexibility index (Phi) is 7.58. The maximum Gasteiger partial charge on any atom is 0.316 e. The summed E-state index contributed by atoms with van der Waals surface area (Å²) in [7, 11) is 1.37. The molecular formula is C17H22ClN3O3S. The molecule has 2 aromatic rings. The molecule has 0 spiro atoms. The molecule has 0 amide bonds. The fraction of sp³-hybridized carbons (Fsp3) is 0.471. The zero-order chi connectivity index (χ0) is 18.2. The molecule has 0 aliphatic heterocycles. The van der Waals surface area contributed by atoms with E-state index in [2.05, 4.69) is 24.0 Å². The van der Waals surface area contributed by atoms with Gasteiger partial charge in [-0.2, -0.15) is 0 Å². The number of methoxy groups -OCH3 is 1. The van der Waals surface area contributed by atoms with Gasteiger partial charge in [0.15, 0.2) is 11.0 Å². The number of thioether (sulfide) groups is 1. The fourth-order valence-corrected chi connectivity index (χ4v) is 3.46. The molecule has 1 heterocycles. The van der Waals surface area contributed by atoms with E-state index in [-0.39, 0.29) is 24.4 Å². The van der Waals surface area contributed by atoms with E-state index >= 15 is 0 Å². The third-order valence-electron chi connectivity index (χ3n) is 3.78. The number of carbonyl (C=O) groups excluding carboxylic acids is 1. The minimum absolute atomic E-state index is 0.195. The first-order chi connectivity index (χ1) is 12.1. The Hall–Kier alpha value is -1.73. The van der Waals surface area contributed by atoms with E-state index in [9.17, 15) is 4.79 Å². The Morgan fingerprint density at radius 1 is 1.28 bits per heavy atom. The lowest BCUT2D eigenvalue weighted by Crippen LogP contribution is -2.15. The van der Waals surface area contributed by atoms with Crippen LogP contribution in [-0.2, 0) is 16.1 Å². The van der Waals surface area contributed by atoms with Crippen molar-refractivity contribution in [3.63, 3.8) is 0 Å². The molecule has 0 saturated heterocycles. The van der Waals surface area contributed by atoms with Crippen molar-refractivity contribution in [2.45, 2.75) is 44.5 Å². The summed E-state index contributed by atoms with van der Waals surface area (Å²) in [5, 5.41) is 9.73. The van der Waals surface area contributed by atoms with Crippen molar-refractivity contribution in [2.24, 2.45) is 0 Å². The maximum absolute atomic E-state index is 11.4. The van der Waals surface area contributed by atoms with Gasteiger partial charge in [-0.15, -0.1) is 10.2 Å². The molecule has 0 N–H and O–H groups in total. The van der Waals surface area contributed by atoms with E-state index in [1.807, 2.05) is 22.8 Å². The van der Waals surface area contributed by atoms with Gasteiger partial charge in [-0.1, -0.05) is 49.3 Å². The number of esters is 1. The molecular weight excluding hydrogens is 362 g/mol. The van der Waals surface area contributed by atoms with Crippen LogP contribution in [0.2, 0.25) is 5.02 Å². The first kappa shape index (κ1) is 19.6. The highest BCUT2D eigenvalue weighted by atomic mass is 35.5. The van der Waals surface area contributed by atoms with Crippen molar-refractivity contribution < 1.29 is 14.3 Å². The molecule has 0 saturated carbocycles. The predicted molar refractivity (Wildman–Crippen MR) is 98.2 cm³/mol. The molecule has 0 radical (unpaired) electrons. The van der Waals surface area contributed by atoms with Gasteiger partial charge >= 0.3 is 5.97 Å². The van der Waals surface area contributed by atoms with Gasteiger partial charge in [-0.3, -0.25) is 4.79 Å². The van der Waals surface area contributed by atoms with Gasteiger partial charge in [0.2, 0.25) is 0 Å². The highest BCUT2D eigenvalue weighted by Gasteiger charge is 2.20. The molecule has 0 unspecified atom stereocenters. The molecule has 136 valence electrons. The van der Waals surface area contributed by atoms with Gasteiger partial charge in [0.25, 0.3) is 0 Å². The summed E-state index contributed by atoms with van der Waals surface area (Å²) in [6.45, 7) is 4.48. The lowest BCUT2D eigenvalue weighted by Gasteiger charge is -2.19. The molecule has 1 aromatic heterocycles. The van der Waals surface area contributed by atoms with Gasteiger partial charge in [-0.05, 0) is 25.0 Å². The van der Waals surface area contributed by atoms with Crippen LogP contribution < -0.4 is 4.74 Å². The number of ether oxygens (including phenoxy) is 2. The predicted octanol–water partition coefficient (Wildman–Crippen LogP) is 4.14. The van der Waals surface area contributed by atoms with E-state index in [1.165, 1.54) is 18.9 Å². The minimum atomic E-state index is -0.294. The van der Waals surface area contributed by atoms with Crippen molar-refractivity contribution in [2.75, 3.05) is 12.9 Å². The van der Waals surface area contributed by atoms with E-state index in [0.29, 0.717) is 21.8 Å². The molecule has 1 aromatic carbocycles. The lowest BCUT2D eigenvalue weighted by molar-refractivity contribution is -0.137. The summed E-state index contributed by atoms with van der Waals surface area (Å²) >= 11 is 7.45. The molecule has 0 aliphatic rings. The SMILES string of the molecule is CCC(CC)n1c(COc2ccccc2Cl)nnc1SCC(=O)OC. The van der Waals surface area contributed by atoms with E-state index < -0.39 is 0 Å². The zero-order valence-electron chi connectivity index (χ0n) is 14.6. The van der Waals surface area contributed by atoms with Crippen LogP contribution in [0.5, 0.6) is 5.75 Å². The molecule has 0 bridgehead atoms. The number of hydrogen-bond donors (Lipinski definition) is 0. The van der Waals surface area contributed by atoms with Crippen LogP contribution >= 0.6 is 23.4 Å². The number of nitrogens with zero attached hydrogens (tertiary/aromatic N) is 3. The van der Waals surface area contributed by atoms with Gasteiger partial charge in [-0.25, -0.2) is 0 Å². The van der Waals surface area contributed by atoms with Crippen LogP contribution in [0.1, 0.15) is 38.6 Å². The molecule has 0 atom stereocenters. The van der Waals surface area contributed by atoms with Crippen LogP contribution in [0, 0.1) is 0 Å². The van der Waals surface area contributed by atoms with E-state index in [0.717, 1.165) is 12.8 Å². The van der Waals surface area contributed by atoms with E-state index in [1.54, 1.807) is 6.07 Å². The average molecular weight is 384 g/mol. The highest BCUT2D eigenvalue weighted by Crippen LogP contribution is 2.28. The second-order valence-corrected chi connectivity index (χ2v) is 6.67. The summed E-state index contributed by atoms with van der Waals surface area (Å²) in [5.74, 6) is 1.21. The smallest absolute Gasteiger partial charge is 0.316 e. The summed E-state index contributed by atoms with van der Waals surface area (Å²) in [6, 6.07) is 7.54. The zero-order valence-corrected chi connectivity index (χ0v) is 16.1. The quantitative estimate of drug-likeness (QED) is 0.479. The second-order valence-electron chi connectivity index (χ2n) is 5.32. The number of aromatic nitrogens is 3. The Labute approximate surface area is 156 Å². The van der Waals surface area contributed by atoms with Crippen molar-refractivity contribution in [3.8, 4) is 5.75 Å². The van der Waals surface area contributed by atoms with Gasteiger partial charge in [0, 0.05) is 6.04 Å². The average Bonchev–Trinajstić information content (AvgIpc) is 3.03. The van der Waals surface area contributed by atoms with E-state index in [4.69, 9.17) is 21.1 Å². The number of carbonyl (C=O) groups is 1. The highest BCUT2D eigenvalue weighted by molar-refractivity contribution is 7.99. The van der Waals surface area contributed by atoms with Crippen LogP contribution in [0.3, 0.4) is 0 Å². The topological polar surface area (TPSA) is 66.2 Å². The number of hydrogen-bond acceptors (Lipinski definition) is 6. The Balaban J connectivity index is 2.20.